The zero-order chi connectivity index (χ0) is 20.8. The maximum absolute atomic E-state index is 11.0. The molecule has 5 atom stereocenters. The van der Waals surface area contributed by atoms with E-state index in [1.807, 2.05) is 6.07 Å². The number of ether oxygens (including phenoxy) is 2. The van der Waals surface area contributed by atoms with Crippen molar-refractivity contribution in [2.24, 2.45) is 0 Å². The van der Waals surface area contributed by atoms with Crippen LogP contribution in [0.4, 0.5) is 5.69 Å². The Kier molecular flexibility index (Phi) is 5.01. The van der Waals surface area contributed by atoms with Gasteiger partial charge >= 0.3 is 0 Å². The van der Waals surface area contributed by atoms with Crippen LogP contribution in [0.15, 0.2) is 42.5 Å². The van der Waals surface area contributed by atoms with Crippen LogP contribution in [0.5, 0.6) is 5.75 Å². The minimum absolute atomic E-state index is 0.00302. The van der Waals surface area contributed by atoms with Gasteiger partial charge in [-0.05, 0) is 35.2 Å². The average molecular weight is 403 g/mol. The highest BCUT2D eigenvalue weighted by Crippen LogP contribution is 2.42. The molecule has 2 heterocycles. The molecule has 4 rings (SSSR count). The molecule has 1 saturated heterocycles. The van der Waals surface area contributed by atoms with Gasteiger partial charge in [0.1, 0.15) is 30.2 Å². The smallest absolute Gasteiger partial charge is 0.270 e. The van der Waals surface area contributed by atoms with Gasteiger partial charge in [0.15, 0.2) is 0 Å². The van der Waals surface area contributed by atoms with Crippen LogP contribution in [-0.2, 0) is 11.2 Å². The van der Waals surface area contributed by atoms with E-state index in [9.17, 15) is 30.5 Å². The van der Waals surface area contributed by atoms with E-state index in [0.29, 0.717) is 17.7 Å². The van der Waals surface area contributed by atoms with Crippen LogP contribution < -0.4 is 4.74 Å². The van der Waals surface area contributed by atoms with E-state index in [-0.39, 0.29) is 12.1 Å². The van der Waals surface area contributed by atoms with E-state index in [2.05, 4.69) is 0 Å². The molecule has 2 aromatic carbocycles. The Morgan fingerprint density at radius 3 is 2.59 bits per heavy atom. The standard InChI is InChI=1S/C20H21NO8/c22-10-16-17(23)18(24)19(25)20(29-16)7-6-13-8-12(4-5-15(13)28-20)11-2-1-3-14(9-11)21(26)27/h1-5,8-9,16-19,22-25H,6-7,10H2/t16-,17-,18+,19+,20+/m1/s1. The summed E-state index contributed by atoms with van der Waals surface area (Å²) >= 11 is 0. The molecule has 1 spiro atoms. The molecule has 1 fully saturated rings. The number of aryl methyl sites for hydroxylation is 1. The first-order chi connectivity index (χ1) is 13.8. The first-order valence-electron chi connectivity index (χ1n) is 9.24. The molecule has 9 heteroatoms. The maximum atomic E-state index is 11.0. The van der Waals surface area contributed by atoms with Gasteiger partial charge in [-0.15, -0.1) is 0 Å². The summed E-state index contributed by atoms with van der Waals surface area (Å²) in [7, 11) is 0. The molecule has 0 saturated carbocycles. The lowest BCUT2D eigenvalue weighted by atomic mass is 9.86. The van der Waals surface area contributed by atoms with Crippen molar-refractivity contribution < 1.29 is 34.8 Å². The molecule has 0 bridgehead atoms. The summed E-state index contributed by atoms with van der Waals surface area (Å²) in [4.78, 5) is 10.6. The Morgan fingerprint density at radius 2 is 1.86 bits per heavy atom. The molecule has 0 unspecified atom stereocenters. The van der Waals surface area contributed by atoms with Crippen molar-refractivity contribution in [3.63, 3.8) is 0 Å². The molecule has 0 amide bonds. The summed E-state index contributed by atoms with van der Waals surface area (Å²) in [5.74, 6) is -1.14. The number of aliphatic hydroxyl groups is 4. The fourth-order valence-corrected chi connectivity index (χ4v) is 3.90. The van der Waals surface area contributed by atoms with E-state index in [0.717, 1.165) is 11.1 Å². The van der Waals surface area contributed by atoms with Gasteiger partial charge in [0.2, 0.25) is 5.79 Å². The summed E-state index contributed by atoms with van der Waals surface area (Å²) in [5.41, 5.74) is 2.28. The molecule has 0 aliphatic carbocycles. The van der Waals surface area contributed by atoms with Crippen LogP contribution in [0.3, 0.4) is 0 Å². The second-order valence-electron chi connectivity index (χ2n) is 7.31. The van der Waals surface area contributed by atoms with Crippen LogP contribution >= 0.6 is 0 Å². The summed E-state index contributed by atoms with van der Waals surface area (Å²) < 4.78 is 11.6. The minimum atomic E-state index is -1.58. The molecule has 2 aliphatic rings. The Balaban J connectivity index is 1.63. The zero-order valence-electron chi connectivity index (χ0n) is 15.3. The van der Waals surface area contributed by atoms with Crippen molar-refractivity contribution >= 4 is 5.69 Å². The molecule has 0 aromatic heterocycles. The summed E-state index contributed by atoms with van der Waals surface area (Å²) in [5, 5.41) is 51.0. The topological polar surface area (TPSA) is 143 Å². The minimum Gasteiger partial charge on any atom is -0.459 e. The Bertz CT molecular complexity index is 932. The van der Waals surface area contributed by atoms with Gasteiger partial charge in [-0.2, -0.15) is 0 Å². The molecular formula is C20H21NO8. The summed E-state index contributed by atoms with van der Waals surface area (Å²) in [6.45, 7) is -0.533. The number of hydrogen-bond donors (Lipinski definition) is 4. The molecule has 0 radical (unpaired) electrons. The predicted molar refractivity (Wildman–Crippen MR) is 100 cm³/mol. The number of benzene rings is 2. The normalized spacial score (nSPS) is 31.2. The van der Waals surface area contributed by atoms with Gasteiger partial charge < -0.3 is 29.9 Å². The van der Waals surface area contributed by atoms with E-state index < -0.39 is 41.7 Å². The molecule has 9 nitrogen and oxygen atoms in total. The number of rotatable bonds is 3. The SMILES string of the molecule is O=[N+]([O-])c1cccc(-c2ccc3c(c2)CC[C@]2(O3)O[C@H](CO)[C@@H](O)[C@H](O)[C@@H]2O)c1. The third-order valence-electron chi connectivity index (χ3n) is 5.51. The van der Waals surface area contributed by atoms with Gasteiger partial charge in [-0.25, -0.2) is 0 Å². The second kappa shape index (κ2) is 7.36. The molecule has 4 N–H and O–H groups in total. The van der Waals surface area contributed by atoms with E-state index in [4.69, 9.17) is 9.47 Å². The van der Waals surface area contributed by atoms with Crippen LogP contribution in [0, 0.1) is 10.1 Å². The Morgan fingerprint density at radius 1 is 1.10 bits per heavy atom. The lowest BCUT2D eigenvalue weighted by Crippen LogP contribution is -2.68. The lowest BCUT2D eigenvalue weighted by molar-refractivity contribution is -0.384. The molecular weight excluding hydrogens is 382 g/mol. The largest absolute Gasteiger partial charge is 0.459 e. The van der Waals surface area contributed by atoms with Gasteiger partial charge in [0.05, 0.1) is 11.5 Å². The monoisotopic (exact) mass is 403 g/mol. The molecule has 154 valence electrons. The Hall–Kier alpha value is -2.56. The number of fused-ring (bicyclic) bond motifs is 1. The third kappa shape index (κ3) is 3.37. The third-order valence-corrected chi connectivity index (χ3v) is 5.51. The van der Waals surface area contributed by atoms with Crippen LogP contribution in [-0.4, -0.2) is 62.2 Å². The van der Waals surface area contributed by atoms with Crippen molar-refractivity contribution in [2.45, 2.75) is 43.0 Å². The fourth-order valence-electron chi connectivity index (χ4n) is 3.90. The number of nitro groups is 1. The molecule has 2 aliphatic heterocycles. The summed E-state index contributed by atoms with van der Waals surface area (Å²) in [6, 6.07) is 11.6. The van der Waals surface area contributed by atoms with Gasteiger partial charge in [-0.1, -0.05) is 18.2 Å². The highest BCUT2D eigenvalue weighted by Gasteiger charge is 2.56. The van der Waals surface area contributed by atoms with Crippen molar-refractivity contribution in [3.8, 4) is 16.9 Å². The maximum Gasteiger partial charge on any atom is 0.270 e. The average Bonchev–Trinajstić information content (AvgIpc) is 2.74. The number of nitro benzene ring substituents is 1. The number of non-ortho nitro benzene ring substituents is 1. The number of aliphatic hydroxyl groups excluding tert-OH is 4. The van der Waals surface area contributed by atoms with E-state index in [1.54, 1.807) is 24.3 Å². The molecule has 2 aromatic rings. The van der Waals surface area contributed by atoms with Crippen LogP contribution in [0.1, 0.15) is 12.0 Å². The van der Waals surface area contributed by atoms with E-state index >= 15 is 0 Å². The van der Waals surface area contributed by atoms with Gasteiger partial charge in [0.25, 0.3) is 5.69 Å². The number of hydrogen-bond acceptors (Lipinski definition) is 8. The highest BCUT2D eigenvalue weighted by molar-refractivity contribution is 5.68. The quantitative estimate of drug-likeness (QED) is 0.435. The Labute approximate surface area is 165 Å². The first-order valence-corrected chi connectivity index (χ1v) is 9.24. The van der Waals surface area contributed by atoms with Gasteiger partial charge in [-0.3, -0.25) is 10.1 Å². The van der Waals surface area contributed by atoms with Crippen LogP contribution in [0.2, 0.25) is 0 Å². The lowest BCUT2D eigenvalue weighted by Gasteiger charge is -2.49. The number of nitrogens with zero attached hydrogens (tertiary/aromatic N) is 1. The van der Waals surface area contributed by atoms with Crippen molar-refractivity contribution in [1.29, 1.82) is 0 Å². The van der Waals surface area contributed by atoms with Crippen molar-refractivity contribution in [2.75, 3.05) is 6.61 Å². The van der Waals surface area contributed by atoms with Crippen LogP contribution in [0.25, 0.3) is 11.1 Å². The highest BCUT2D eigenvalue weighted by atomic mass is 16.7. The fraction of sp³-hybridized carbons (Fsp3) is 0.400. The predicted octanol–water partition coefficient (Wildman–Crippen LogP) is 0.757. The zero-order valence-corrected chi connectivity index (χ0v) is 15.3. The first kappa shape index (κ1) is 19.7. The molecule has 29 heavy (non-hydrogen) atoms. The summed E-state index contributed by atoms with van der Waals surface area (Å²) in [6.07, 6.45) is -4.90. The van der Waals surface area contributed by atoms with Crippen molar-refractivity contribution in [3.05, 3.63) is 58.1 Å². The second-order valence-corrected chi connectivity index (χ2v) is 7.31. The van der Waals surface area contributed by atoms with Crippen molar-refractivity contribution in [1.82, 2.24) is 0 Å². The van der Waals surface area contributed by atoms with E-state index in [1.165, 1.54) is 12.1 Å². The van der Waals surface area contributed by atoms with Gasteiger partial charge in [0, 0.05) is 18.6 Å².